The van der Waals surface area contributed by atoms with Gasteiger partial charge in [0.15, 0.2) is 0 Å². The maximum Gasteiger partial charge on any atom is 0.422 e. The van der Waals surface area contributed by atoms with Crippen LogP contribution in [-0.4, -0.2) is 4.57 Å². The molecule has 0 unspecified atom stereocenters. The topological polar surface area (TPSA) is 76.0 Å². The molecule has 0 saturated carbocycles. The first-order valence-corrected chi connectivity index (χ1v) is 6.31. The van der Waals surface area contributed by atoms with Crippen LogP contribution in [0.1, 0.15) is 11.1 Å². The van der Waals surface area contributed by atoms with Crippen LogP contribution < -0.4 is 11.4 Å². The van der Waals surface area contributed by atoms with E-state index in [9.17, 15) is 9.59 Å². The molecule has 5 heteroatoms. The number of nitriles is 1. The fraction of sp³-hybridized carbons (Fsp3) is 0.0625. The molecule has 0 radical (unpaired) electrons. The molecule has 0 N–H and O–H groups in total. The molecule has 5 nitrogen and oxygen atoms in total. The van der Waals surface area contributed by atoms with Gasteiger partial charge in [-0.2, -0.15) is 5.26 Å². The third-order valence-corrected chi connectivity index (χ3v) is 3.28. The predicted octanol–water partition coefficient (Wildman–Crippen LogP) is 1.87. The zero-order chi connectivity index (χ0) is 14.8. The second-order valence-electron chi connectivity index (χ2n) is 4.53. The molecule has 0 atom stereocenters. The van der Waals surface area contributed by atoms with Crippen LogP contribution in [0.4, 0.5) is 0 Å². The van der Waals surface area contributed by atoms with Gasteiger partial charge in [-0.25, -0.2) is 9.59 Å². The molecule has 0 bridgehead atoms. The summed E-state index contributed by atoms with van der Waals surface area (Å²) < 4.78 is 6.09. The van der Waals surface area contributed by atoms with Gasteiger partial charge in [0.2, 0.25) is 0 Å². The van der Waals surface area contributed by atoms with Crippen molar-refractivity contribution in [3.8, 4) is 6.07 Å². The molecule has 0 aliphatic carbocycles. The van der Waals surface area contributed by atoms with Gasteiger partial charge in [0.1, 0.15) is 0 Å². The Hall–Kier alpha value is -3.13. The van der Waals surface area contributed by atoms with Gasteiger partial charge in [-0.3, -0.25) is 4.57 Å². The summed E-state index contributed by atoms with van der Waals surface area (Å²) in [5.41, 5.74) is 1.02. The van der Waals surface area contributed by atoms with Crippen molar-refractivity contribution in [2.45, 2.75) is 6.54 Å². The third kappa shape index (κ3) is 2.23. The monoisotopic (exact) mass is 278 g/mol. The highest BCUT2D eigenvalue weighted by Gasteiger charge is 2.10. The molecule has 3 rings (SSSR count). The molecule has 0 amide bonds. The van der Waals surface area contributed by atoms with Gasteiger partial charge in [0.05, 0.1) is 29.1 Å². The summed E-state index contributed by atoms with van der Waals surface area (Å²) in [5, 5.41) is 9.45. The lowest BCUT2D eigenvalue weighted by molar-refractivity contribution is 0.424. The maximum atomic E-state index is 12.0. The van der Waals surface area contributed by atoms with Gasteiger partial charge in [0, 0.05) is 0 Å². The van der Waals surface area contributed by atoms with E-state index in [1.54, 1.807) is 48.5 Å². The molecule has 0 fully saturated rings. The quantitative estimate of drug-likeness (QED) is 0.717. The number of benzene rings is 2. The molecule has 3 aromatic rings. The first-order valence-electron chi connectivity index (χ1n) is 6.31. The fourth-order valence-electron chi connectivity index (χ4n) is 2.26. The summed E-state index contributed by atoms with van der Waals surface area (Å²) >= 11 is 0. The lowest BCUT2D eigenvalue weighted by Gasteiger charge is -2.09. The normalized spacial score (nSPS) is 10.4. The van der Waals surface area contributed by atoms with Crippen molar-refractivity contribution in [1.29, 1.82) is 5.26 Å². The summed E-state index contributed by atoms with van der Waals surface area (Å²) in [6.07, 6.45) is 0. The van der Waals surface area contributed by atoms with Crippen LogP contribution in [-0.2, 0) is 6.54 Å². The van der Waals surface area contributed by atoms with Crippen LogP contribution >= 0.6 is 0 Å². The van der Waals surface area contributed by atoms with Crippen molar-refractivity contribution in [3.63, 3.8) is 0 Å². The number of para-hydroxylation sites is 1. The minimum absolute atomic E-state index is 0.173. The van der Waals surface area contributed by atoms with E-state index in [0.717, 1.165) is 0 Å². The van der Waals surface area contributed by atoms with Crippen LogP contribution in [0.25, 0.3) is 10.9 Å². The molecule has 1 aromatic heterocycles. The van der Waals surface area contributed by atoms with E-state index in [-0.39, 0.29) is 6.54 Å². The zero-order valence-electron chi connectivity index (χ0n) is 10.9. The summed E-state index contributed by atoms with van der Waals surface area (Å²) in [6.45, 7) is 0.173. The molecule has 1 heterocycles. The van der Waals surface area contributed by atoms with Crippen LogP contribution in [0.15, 0.2) is 62.5 Å². The highest BCUT2D eigenvalue weighted by atomic mass is 16.4. The molecule has 102 valence electrons. The second kappa shape index (κ2) is 5.10. The third-order valence-electron chi connectivity index (χ3n) is 3.28. The van der Waals surface area contributed by atoms with Crippen LogP contribution in [0.5, 0.6) is 0 Å². The summed E-state index contributed by atoms with van der Waals surface area (Å²) in [7, 11) is 0. The predicted molar refractivity (Wildman–Crippen MR) is 77.0 cm³/mol. The molecule has 0 saturated heterocycles. The van der Waals surface area contributed by atoms with E-state index in [0.29, 0.717) is 22.0 Å². The zero-order valence-corrected chi connectivity index (χ0v) is 10.9. The minimum Gasteiger partial charge on any atom is -0.372 e. The molecular formula is C16H10N2O3. The van der Waals surface area contributed by atoms with Crippen molar-refractivity contribution < 1.29 is 4.42 Å². The second-order valence-corrected chi connectivity index (χ2v) is 4.53. The number of aromatic nitrogens is 1. The van der Waals surface area contributed by atoms with Gasteiger partial charge < -0.3 is 4.42 Å². The molecule has 0 aliphatic heterocycles. The van der Waals surface area contributed by atoms with E-state index >= 15 is 0 Å². The van der Waals surface area contributed by atoms with Crippen molar-refractivity contribution in [2.75, 3.05) is 0 Å². The maximum absolute atomic E-state index is 12.0. The highest BCUT2D eigenvalue weighted by molar-refractivity contribution is 5.77. The number of hydrogen-bond donors (Lipinski definition) is 0. The van der Waals surface area contributed by atoms with Crippen LogP contribution in [0.3, 0.4) is 0 Å². The van der Waals surface area contributed by atoms with Gasteiger partial charge in [-0.05, 0) is 23.8 Å². The average Bonchev–Trinajstić information content (AvgIpc) is 2.52. The Labute approximate surface area is 119 Å². The number of rotatable bonds is 2. The van der Waals surface area contributed by atoms with E-state index in [1.165, 1.54) is 4.57 Å². The Kier molecular flexibility index (Phi) is 3.13. The standard InChI is InChI=1S/C16H10N2O3/c17-9-11-5-1-2-6-12(11)10-18-14-8-4-3-7-13(14)15(19)21-16(18)20/h1-8H,10H2. The van der Waals surface area contributed by atoms with Crippen LogP contribution in [0, 0.1) is 11.3 Å². The first-order chi connectivity index (χ1) is 10.2. The van der Waals surface area contributed by atoms with Gasteiger partial charge in [-0.1, -0.05) is 30.3 Å². The number of nitrogens with zero attached hydrogens (tertiary/aromatic N) is 2. The lowest BCUT2D eigenvalue weighted by Crippen LogP contribution is -2.25. The Morgan fingerprint density at radius 3 is 2.57 bits per heavy atom. The van der Waals surface area contributed by atoms with Crippen LogP contribution in [0.2, 0.25) is 0 Å². The Morgan fingerprint density at radius 1 is 1.05 bits per heavy atom. The van der Waals surface area contributed by atoms with Crippen molar-refractivity contribution >= 4 is 10.9 Å². The van der Waals surface area contributed by atoms with Gasteiger partial charge >= 0.3 is 11.4 Å². The highest BCUT2D eigenvalue weighted by Crippen LogP contribution is 2.12. The summed E-state index contributed by atoms with van der Waals surface area (Å²) in [5.74, 6) is -0.730. The van der Waals surface area contributed by atoms with E-state index < -0.39 is 11.4 Å². The van der Waals surface area contributed by atoms with Crippen molar-refractivity contribution in [1.82, 2.24) is 4.57 Å². The molecule has 0 spiro atoms. The van der Waals surface area contributed by atoms with Crippen molar-refractivity contribution in [2.24, 2.45) is 0 Å². The first kappa shape index (κ1) is 12.9. The lowest BCUT2D eigenvalue weighted by atomic mass is 10.1. The smallest absolute Gasteiger partial charge is 0.372 e. The largest absolute Gasteiger partial charge is 0.422 e. The van der Waals surface area contributed by atoms with Gasteiger partial charge in [0.25, 0.3) is 0 Å². The Balaban J connectivity index is 2.25. The fourth-order valence-corrected chi connectivity index (χ4v) is 2.26. The molecule has 2 aromatic carbocycles. The van der Waals surface area contributed by atoms with E-state index in [1.807, 2.05) is 0 Å². The van der Waals surface area contributed by atoms with Gasteiger partial charge in [-0.15, -0.1) is 0 Å². The summed E-state index contributed by atoms with van der Waals surface area (Å²) in [6, 6.07) is 15.8. The minimum atomic E-state index is -0.730. The Bertz CT molecular complexity index is 977. The summed E-state index contributed by atoms with van der Waals surface area (Å²) in [4.78, 5) is 23.7. The van der Waals surface area contributed by atoms with E-state index in [4.69, 9.17) is 9.68 Å². The molecular weight excluding hydrogens is 268 g/mol. The Morgan fingerprint density at radius 2 is 1.76 bits per heavy atom. The SMILES string of the molecule is N#Cc1ccccc1Cn1c(=O)oc(=O)c2ccccc21. The van der Waals surface area contributed by atoms with E-state index in [2.05, 4.69) is 6.07 Å². The van der Waals surface area contributed by atoms with Crippen molar-refractivity contribution in [3.05, 3.63) is 80.6 Å². The number of hydrogen-bond acceptors (Lipinski definition) is 4. The molecule has 21 heavy (non-hydrogen) atoms. The number of fused-ring (bicyclic) bond motifs is 1. The average molecular weight is 278 g/mol. The molecule has 0 aliphatic rings.